The minimum absolute atomic E-state index is 0.101. The predicted molar refractivity (Wildman–Crippen MR) is 77.8 cm³/mol. The van der Waals surface area contributed by atoms with E-state index >= 15 is 0 Å². The van der Waals surface area contributed by atoms with E-state index in [9.17, 15) is 9.90 Å². The first kappa shape index (κ1) is 16.4. The second-order valence-corrected chi connectivity index (χ2v) is 7.20. The summed E-state index contributed by atoms with van der Waals surface area (Å²) < 4.78 is 0. The van der Waals surface area contributed by atoms with E-state index in [1.54, 1.807) is 0 Å². The zero-order chi connectivity index (χ0) is 14.7. The van der Waals surface area contributed by atoms with Gasteiger partial charge < -0.3 is 15.7 Å². The Morgan fingerprint density at radius 2 is 2.11 bits per heavy atom. The molecule has 0 spiro atoms. The van der Waals surface area contributed by atoms with Crippen molar-refractivity contribution in [2.45, 2.75) is 53.6 Å². The molecule has 112 valence electrons. The topological polar surface area (TPSA) is 61.4 Å². The summed E-state index contributed by atoms with van der Waals surface area (Å²) in [6.07, 6.45) is 1.56. The van der Waals surface area contributed by atoms with Gasteiger partial charge in [-0.05, 0) is 32.2 Å². The lowest BCUT2D eigenvalue weighted by Gasteiger charge is -2.36. The number of carbonyl (C=O) groups is 1. The van der Waals surface area contributed by atoms with Crippen LogP contribution >= 0.6 is 0 Å². The highest BCUT2D eigenvalue weighted by molar-refractivity contribution is 5.82. The minimum atomic E-state index is -0.412. The van der Waals surface area contributed by atoms with Crippen molar-refractivity contribution in [3.63, 3.8) is 0 Å². The fourth-order valence-corrected chi connectivity index (χ4v) is 2.78. The van der Waals surface area contributed by atoms with Crippen LogP contribution < -0.4 is 10.6 Å². The molecule has 1 rings (SSSR count). The van der Waals surface area contributed by atoms with E-state index < -0.39 is 6.10 Å². The molecule has 1 aliphatic rings. The number of hydrogen-bond acceptors (Lipinski definition) is 3. The third kappa shape index (κ3) is 4.18. The van der Waals surface area contributed by atoms with Gasteiger partial charge in [0.05, 0.1) is 11.5 Å². The molecule has 0 radical (unpaired) electrons. The highest BCUT2D eigenvalue weighted by atomic mass is 16.3. The number of carbonyl (C=O) groups excluding carboxylic acids is 1. The number of nitrogens with one attached hydrogen (secondary N) is 2. The first-order chi connectivity index (χ1) is 8.69. The summed E-state index contributed by atoms with van der Waals surface area (Å²) in [5.74, 6) is 0.294. The van der Waals surface area contributed by atoms with Gasteiger partial charge in [-0.25, -0.2) is 0 Å². The number of rotatable bonds is 5. The molecule has 0 saturated carbocycles. The Morgan fingerprint density at radius 1 is 1.47 bits per heavy atom. The summed E-state index contributed by atoms with van der Waals surface area (Å²) in [6.45, 7) is 12.3. The maximum absolute atomic E-state index is 12.3. The molecular weight excluding hydrogens is 240 g/mol. The van der Waals surface area contributed by atoms with Crippen LogP contribution in [-0.2, 0) is 4.79 Å². The lowest BCUT2D eigenvalue weighted by Crippen LogP contribution is -2.52. The van der Waals surface area contributed by atoms with Crippen molar-refractivity contribution in [3.8, 4) is 0 Å². The third-order valence-electron chi connectivity index (χ3n) is 4.28. The molecule has 2 unspecified atom stereocenters. The van der Waals surface area contributed by atoms with Gasteiger partial charge in [-0.3, -0.25) is 4.79 Å². The number of aliphatic hydroxyl groups is 1. The molecule has 1 heterocycles. The van der Waals surface area contributed by atoms with E-state index in [0.29, 0.717) is 6.54 Å². The van der Waals surface area contributed by atoms with Gasteiger partial charge in [0.15, 0.2) is 0 Å². The van der Waals surface area contributed by atoms with Gasteiger partial charge in [0, 0.05) is 18.5 Å². The number of amides is 1. The summed E-state index contributed by atoms with van der Waals surface area (Å²) in [6, 6.07) is 0. The van der Waals surface area contributed by atoms with Crippen molar-refractivity contribution in [2.24, 2.45) is 16.7 Å². The second kappa shape index (κ2) is 6.23. The third-order valence-corrected chi connectivity index (χ3v) is 4.28. The number of hydrogen-bond donors (Lipinski definition) is 3. The maximum Gasteiger partial charge on any atom is 0.227 e. The lowest BCUT2D eigenvalue weighted by molar-refractivity contribution is -0.132. The highest BCUT2D eigenvalue weighted by Crippen LogP contribution is 2.28. The second-order valence-electron chi connectivity index (χ2n) is 7.20. The van der Waals surface area contributed by atoms with Crippen LogP contribution in [-0.4, -0.2) is 36.8 Å². The lowest BCUT2D eigenvalue weighted by atomic mass is 9.79. The molecule has 1 amide bonds. The molecule has 1 fully saturated rings. The molecule has 19 heavy (non-hydrogen) atoms. The average molecular weight is 270 g/mol. The van der Waals surface area contributed by atoms with Crippen LogP contribution in [0.15, 0.2) is 0 Å². The minimum Gasteiger partial charge on any atom is -0.392 e. The summed E-state index contributed by atoms with van der Waals surface area (Å²) in [4.78, 5) is 12.3. The normalized spacial score (nSPS) is 26.3. The van der Waals surface area contributed by atoms with E-state index in [-0.39, 0.29) is 22.7 Å². The van der Waals surface area contributed by atoms with Gasteiger partial charge in [-0.1, -0.05) is 27.7 Å². The van der Waals surface area contributed by atoms with Crippen molar-refractivity contribution in [3.05, 3.63) is 0 Å². The molecule has 0 aromatic carbocycles. The van der Waals surface area contributed by atoms with Gasteiger partial charge >= 0.3 is 0 Å². The smallest absolute Gasteiger partial charge is 0.227 e. The van der Waals surface area contributed by atoms with Crippen molar-refractivity contribution in [1.82, 2.24) is 10.6 Å². The Hall–Kier alpha value is -0.610. The van der Waals surface area contributed by atoms with E-state index in [1.807, 2.05) is 34.6 Å². The highest BCUT2D eigenvalue weighted by Gasteiger charge is 2.36. The number of piperidine rings is 1. The van der Waals surface area contributed by atoms with E-state index in [4.69, 9.17) is 0 Å². The fourth-order valence-electron chi connectivity index (χ4n) is 2.78. The van der Waals surface area contributed by atoms with Crippen LogP contribution in [0.4, 0.5) is 0 Å². The van der Waals surface area contributed by atoms with Crippen LogP contribution in [0.3, 0.4) is 0 Å². The monoisotopic (exact) mass is 270 g/mol. The van der Waals surface area contributed by atoms with Crippen molar-refractivity contribution < 1.29 is 9.90 Å². The molecule has 4 nitrogen and oxygen atoms in total. The van der Waals surface area contributed by atoms with E-state index in [1.165, 1.54) is 0 Å². The molecule has 1 aliphatic heterocycles. The van der Waals surface area contributed by atoms with Crippen LogP contribution in [0, 0.1) is 16.7 Å². The Labute approximate surface area is 117 Å². The average Bonchev–Trinajstić information content (AvgIpc) is 2.35. The largest absolute Gasteiger partial charge is 0.392 e. The van der Waals surface area contributed by atoms with Gasteiger partial charge in [0.25, 0.3) is 0 Å². The van der Waals surface area contributed by atoms with Crippen LogP contribution in [0.2, 0.25) is 0 Å². The van der Waals surface area contributed by atoms with Gasteiger partial charge in [0.1, 0.15) is 0 Å². The molecular formula is C15H30N2O2. The molecule has 4 heteroatoms. The Kier molecular flexibility index (Phi) is 5.39. The fraction of sp³-hybridized carbons (Fsp3) is 0.933. The summed E-state index contributed by atoms with van der Waals surface area (Å²) in [7, 11) is 0. The van der Waals surface area contributed by atoms with Crippen molar-refractivity contribution in [2.75, 3.05) is 19.6 Å². The molecule has 0 aromatic rings. The zero-order valence-corrected chi connectivity index (χ0v) is 13.0. The molecule has 0 bridgehead atoms. The standard InChI is InChI=1S/C15H30N2O2/c1-11(2)12(18)14(3,4)9-17-13(19)15(5)7-6-8-16-10-15/h11-12,16,18H,6-10H2,1-5H3,(H,17,19). The van der Waals surface area contributed by atoms with Crippen LogP contribution in [0.5, 0.6) is 0 Å². The summed E-state index contributed by atoms with van der Waals surface area (Å²) in [5.41, 5.74) is -0.612. The molecule has 3 N–H and O–H groups in total. The zero-order valence-electron chi connectivity index (χ0n) is 13.0. The quantitative estimate of drug-likeness (QED) is 0.710. The first-order valence-corrected chi connectivity index (χ1v) is 7.36. The Balaban J connectivity index is 2.53. The van der Waals surface area contributed by atoms with E-state index in [0.717, 1.165) is 25.9 Å². The molecule has 1 saturated heterocycles. The Bertz CT molecular complexity index is 307. The number of aliphatic hydroxyl groups excluding tert-OH is 1. The Morgan fingerprint density at radius 3 is 2.58 bits per heavy atom. The van der Waals surface area contributed by atoms with E-state index in [2.05, 4.69) is 10.6 Å². The SMILES string of the molecule is CC(C)C(O)C(C)(C)CNC(=O)C1(C)CCCNC1. The van der Waals surface area contributed by atoms with Gasteiger partial charge in [-0.2, -0.15) is 0 Å². The first-order valence-electron chi connectivity index (χ1n) is 7.36. The maximum atomic E-state index is 12.3. The van der Waals surface area contributed by atoms with Crippen LogP contribution in [0.25, 0.3) is 0 Å². The van der Waals surface area contributed by atoms with Gasteiger partial charge in [0.2, 0.25) is 5.91 Å². The summed E-state index contributed by atoms with van der Waals surface area (Å²) in [5, 5.41) is 16.5. The summed E-state index contributed by atoms with van der Waals surface area (Å²) >= 11 is 0. The van der Waals surface area contributed by atoms with Gasteiger partial charge in [-0.15, -0.1) is 0 Å². The van der Waals surface area contributed by atoms with Crippen molar-refractivity contribution >= 4 is 5.91 Å². The van der Waals surface area contributed by atoms with Crippen LogP contribution in [0.1, 0.15) is 47.5 Å². The molecule has 0 aliphatic carbocycles. The molecule has 0 aromatic heterocycles. The predicted octanol–water partition coefficient (Wildman–Crippen LogP) is 1.54. The van der Waals surface area contributed by atoms with Crippen molar-refractivity contribution in [1.29, 1.82) is 0 Å². The molecule has 2 atom stereocenters.